The number of carbonyl (C=O) groups excluding carboxylic acids is 2. The Morgan fingerprint density at radius 1 is 1.12 bits per heavy atom. The van der Waals surface area contributed by atoms with Crippen molar-refractivity contribution in [3.8, 4) is 0 Å². The van der Waals surface area contributed by atoms with Crippen molar-refractivity contribution in [2.45, 2.75) is 56.3 Å². The Morgan fingerprint density at radius 3 is 2.44 bits per heavy atom. The first-order chi connectivity index (χ1) is 15.3. The first kappa shape index (κ1) is 22.0. The highest BCUT2D eigenvalue weighted by atomic mass is 19.1. The van der Waals surface area contributed by atoms with Crippen LogP contribution in [-0.4, -0.2) is 45.4 Å². The van der Waals surface area contributed by atoms with Crippen LogP contribution in [0.2, 0.25) is 0 Å². The predicted molar refractivity (Wildman–Crippen MR) is 115 cm³/mol. The molecule has 2 atom stereocenters. The average molecular weight is 439 g/mol. The van der Waals surface area contributed by atoms with Crippen molar-refractivity contribution in [3.05, 3.63) is 71.0 Å². The zero-order valence-electron chi connectivity index (χ0n) is 17.6. The second-order valence-corrected chi connectivity index (χ2v) is 8.65. The molecule has 1 fully saturated rings. The second-order valence-electron chi connectivity index (χ2n) is 8.65. The first-order valence-electron chi connectivity index (χ1n) is 10.7. The minimum atomic E-state index is -1.23. The summed E-state index contributed by atoms with van der Waals surface area (Å²) < 4.78 is 14.0. The molecule has 0 aromatic heterocycles. The zero-order valence-corrected chi connectivity index (χ0v) is 17.6. The summed E-state index contributed by atoms with van der Waals surface area (Å²) in [5, 5.41) is 12.1. The van der Waals surface area contributed by atoms with Gasteiger partial charge in [0.25, 0.3) is 0 Å². The molecule has 1 aliphatic carbocycles. The number of fused-ring (bicyclic) bond motifs is 1. The highest BCUT2D eigenvalue weighted by Gasteiger charge is 2.53. The van der Waals surface area contributed by atoms with E-state index in [0.29, 0.717) is 24.8 Å². The van der Waals surface area contributed by atoms with Gasteiger partial charge in [-0.05, 0) is 42.0 Å². The molecule has 0 saturated heterocycles. The fourth-order valence-electron chi connectivity index (χ4n) is 4.22. The summed E-state index contributed by atoms with van der Waals surface area (Å²) in [7, 11) is 0. The number of nitrogens with one attached hydrogen (secondary N) is 1. The molecule has 2 aromatic rings. The van der Waals surface area contributed by atoms with Crippen LogP contribution < -0.4 is 11.1 Å². The molecule has 2 amide bonds. The van der Waals surface area contributed by atoms with E-state index in [1.54, 1.807) is 18.2 Å². The Morgan fingerprint density at radius 2 is 1.78 bits per heavy atom. The topological polar surface area (TPSA) is 113 Å². The summed E-state index contributed by atoms with van der Waals surface area (Å²) in [4.78, 5) is 39.2. The standard InChI is InChI=1S/C24H26FN3O4/c25-19-8-4-3-6-16(19)11-18(26)13-21(29)28-14-17-7-2-1-5-15(17)12-20(28)22(30)27-24(9-10-24)23(31)32/h1-8,18,20H,9-14,26H2,(H,27,30)(H,31,32)/t18-,20+/m1/s1. The Hall–Kier alpha value is -3.26. The number of nitrogens with zero attached hydrogens (tertiary/aromatic N) is 1. The molecule has 0 bridgehead atoms. The minimum Gasteiger partial charge on any atom is -0.480 e. The molecule has 8 heteroatoms. The van der Waals surface area contributed by atoms with Gasteiger partial charge in [0.05, 0.1) is 0 Å². The normalized spacial score (nSPS) is 19.6. The SMILES string of the molecule is N[C@@H](CC(=O)N1Cc2ccccc2C[C@H]1C(=O)NC1(C(=O)O)CC1)Cc1ccccc1F. The molecule has 0 spiro atoms. The lowest BCUT2D eigenvalue weighted by molar-refractivity contribution is -0.146. The number of carbonyl (C=O) groups is 3. The van der Waals surface area contributed by atoms with E-state index in [-0.39, 0.29) is 31.1 Å². The first-order valence-corrected chi connectivity index (χ1v) is 10.7. The van der Waals surface area contributed by atoms with E-state index < -0.39 is 29.5 Å². The third-order valence-corrected chi connectivity index (χ3v) is 6.27. The Labute approximate surface area is 185 Å². The third kappa shape index (κ3) is 4.50. The Bertz CT molecular complexity index is 1050. The Kier molecular flexibility index (Phi) is 5.97. The third-order valence-electron chi connectivity index (χ3n) is 6.27. The zero-order chi connectivity index (χ0) is 22.9. The molecule has 4 rings (SSSR count). The van der Waals surface area contributed by atoms with Crippen LogP contribution >= 0.6 is 0 Å². The van der Waals surface area contributed by atoms with Crippen molar-refractivity contribution >= 4 is 17.8 Å². The van der Waals surface area contributed by atoms with Crippen LogP contribution in [-0.2, 0) is 33.8 Å². The lowest BCUT2D eigenvalue weighted by Gasteiger charge is -2.37. The fourth-order valence-corrected chi connectivity index (χ4v) is 4.22. The van der Waals surface area contributed by atoms with Crippen LogP contribution in [0.25, 0.3) is 0 Å². The lowest BCUT2D eigenvalue weighted by Crippen LogP contribution is -2.56. The van der Waals surface area contributed by atoms with Crippen molar-refractivity contribution in [3.63, 3.8) is 0 Å². The summed E-state index contributed by atoms with van der Waals surface area (Å²) in [6, 6.07) is 12.4. The number of hydrogen-bond acceptors (Lipinski definition) is 4. The number of hydrogen-bond donors (Lipinski definition) is 3. The number of rotatable bonds is 7. The molecule has 32 heavy (non-hydrogen) atoms. The monoisotopic (exact) mass is 439 g/mol. The van der Waals surface area contributed by atoms with Crippen LogP contribution in [0, 0.1) is 5.82 Å². The number of amides is 2. The van der Waals surface area contributed by atoms with Gasteiger partial charge in [-0.1, -0.05) is 42.5 Å². The van der Waals surface area contributed by atoms with Gasteiger partial charge in [0.2, 0.25) is 11.8 Å². The van der Waals surface area contributed by atoms with Gasteiger partial charge >= 0.3 is 5.97 Å². The van der Waals surface area contributed by atoms with Crippen molar-refractivity contribution in [1.82, 2.24) is 10.2 Å². The number of carboxylic acid groups (broad SMARTS) is 1. The maximum Gasteiger partial charge on any atom is 0.329 e. The summed E-state index contributed by atoms with van der Waals surface area (Å²) in [6.45, 7) is 0.236. The van der Waals surface area contributed by atoms with Crippen molar-refractivity contribution < 1.29 is 23.9 Å². The van der Waals surface area contributed by atoms with Gasteiger partial charge in [-0.3, -0.25) is 9.59 Å². The van der Waals surface area contributed by atoms with E-state index in [0.717, 1.165) is 11.1 Å². The van der Waals surface area contributed by atoms with Crippen LogP contribution in [0.15, 0.2) is 48.5 Å². The number of halogens is 1. The smallest absolute Gasteiger partial charge is 0.329 e. The molecule has 168 valence electrons. The van der Waals surface area contributed by atoms with Gasteiger partial charge in [0.15, 0.2) is 0 Å². The molecular weight excluding hydrogens is 413 g/mol. The predicted octanol–water partition coefficient (Wildman–Crippen LogP) is 1.77. The van der Waals surface area contributed by atoms with Crippen molar-refractivity contribution in [2.24, 2.45) is 5.73 Å². The molecule has 7 nitrogen and oxygen atoms in total. The number of benzene rings is 2. The summed E-state index contributed by atoms with van der Waals surface area (Å²) >= 11 is 0. The van der Waals surface area contributed by atoms with Gasteiger partial charge in [-0.25, -0.2) is 9.18 Å². The minimum absolute atomic E-state index is 0.0512. The van der Waals surface area contributed by atoms with Gasteiger partial charge in [-0.2, -0.15) is 0 Å². The molecule has 0 radical (unpaired) electrons. The molecule has 0 unspecified atom stereocenters. The highest BCUT2D eigenvalue weighted by molar-refractivity contribution is 5.94. The largest absolute Gasteiger partial charge is 0.480 e. The molecule has 4 N–H and O–H groups in total. The lowest BCUT2D eigenvalue weighted by atomic mass is 9.92. The van der Waals surface area contributed by atoms with Gasteiger partial charge in [0.1, 0.15) is 17.4 Å². The highest BCUT2D eigenvalue weighted by Crippen LogP contribution is 2.36. The van der Waals surface area contributed by atoms with Crippen molar-refractivity contribution in [2.75, 3.05) is 0 Å². The number of carboxylic acids is 1. The second kappa shape index (κ2) is 8.70. The van der Waals surface area contributed by atoms with E-state index in [2.05, 4.69) is 5.32 Å². The Balaban J connectivity index is 1.50. The van der Waals surface area contributed by atoms with Gasteiger partial charge < -0.3 is 21.1 Å². The molecule has 2 aliphatic rings. The summed E-state index contributed by atoms with van der Waals surface area (Å²) in [5.74, 6) is -2.23. The van der Waals surface area contributed by atoms with Gasteiger partial charge in [-0.15, -0.1) is 0 Å². The summed E-state index contributed by atoms with van der Waals surface area (Å²) in [6.07, 6.45) is 1.19. The molecule has 1 heterocycles. The van der Waals surface area contributed by atoms with Crippen LogP contribution in [0.5, 0.6) is 0 Å². The van der Waals surface area contributed by atoms with E-state index in [9.17, 15) is 23.9 Å². The van der Waals surface area contributed by atoms with Gasteiger partial charge in [0, 0.05) is 25.4 Å². The van der Waals surface area contributed by atoms with Crippen LogP contribution in [0.4, 0.5) is 4.39 Å². The average Bonchev–Trinajstić information content (AvgIpc) is 3.55. The quantitative estimate of drug-likeness (QED) is 0.609. The molecular formula is C24H26FN3O4. The van der Waals surface area contributed by atoms with E-state index in [1.807, 2.05) is 24.3 Å². The molecule has 2 aromatic carbocycles. The summed E-state index contributed by atoms with van der Waals surface area (Å²) in [5.41, 5.74) is 7.25. The van der Waals surface area contributed by atoms with Crippen LogP contribution in [0.1, 0.15) is 36.0 Å². The van der Waals surface area contributed by atoms with E-state index in [4.69, 9.17) is 5.73 Å². The van der Waals surface area contributed by atoms with Crippen LogP contribution in [0.3, 0.4) is 0 Å². The molecule has 1 saturated carbocycles. The number of nitrogens with two attached hydrogens (primary N) is 1. The maximum atomic E-state index is 14.0. The fraction of sp³-hybridized carbons (Fsp3) is 0.375. The van der Waals surface area contributed by atoms with Crippen molar-refractivity contribution in [1.29, 1.82) is 0 Å². The van der Waals surface area contributed by atoms with E-state index >= 15 is 0 Å². The van der Waals surface area contributed by atoms with E-state index in [1.165, 1.54) is 11.0 Å². The maximum absolute atomic E-state index is 14.0. The molecule has 1 aliphatic heterocycles. The number of aliphatic carboxylic acids is 1.